The molecule has 0 fully saturated rings. The summed E-state index contributed by atoms with van der Waals surface area (Å²) in [7, 11) is 3.41. The predicted octanol–water partition coefficient (Wildman–Crippen LogP) is 2.70. The highest BCUT2D eigenvalue weighted by molar-refractivity contribution is 7.98. The number of ether oxygens (including phenoxy) is 1. The summed E-state index contributed by atoms with van der Waals surface area (Å²) in [6.07, 6.45) is 0. The van der Waals surface area contributed by atoms with Crippen molar-refractivity contribution < 1.29 is 4.74 Å². The molecule has 0 aliphatic rings. The molecular weight excluding hydrogens is 272 g/mol. The first-order valence-corrected chi connectivity index (χ1v) is 7.31. The van der Waals surface area contributed by atoms with E-state index in [2.05, 4.69) is 4.98 Å². The summed E-state index contributed by atoms with van der Waals surface area (Å²) in [5.41, 5.74) is 2.70. The standard InChI is InChI=1S/C15H18N2O2S/c1-10-11(2)16-15(17(3)14(10)18)20-9-12-5-7-13(19-4)8-6-12/h5-8H,9H2,1-4H3. The Morgan fingerprint density at radius 1 is 1.25 bits per heavy atom. The number of nitrogens with zero attached hydrogens (tertiary/aromatic N) is 2. The number of rotatable bonds is 4. The Kier molecular flexibility index (Phi) is 4.49. The molecule has 0 N–H and O–H groups in total. The molecule has 0 radical (unpaired) electrons. The van der Waals surface area contributed by atoms with Crippen LogP contribution >= 0.6 is 11.8 Å². The van der Waals surface area contributed by atoms with Gasteiger partial charge in [0, 0.05) is 24.1 Å². The molecule has 1 aromatic carbocycles. The number of hydrogen-bond donors (Lipinski definition) is 0. The molecule has 0 amide bonds. The average Bonchev–Trinajstić information content (AvgIpc) is 2.48. The van der Waals surface area contributed by atoms with E-state index in [9.17, 15) is 4.79 Å². The van der Waals surface area contributed by atoms with Crippen LogP contribution in [0.4, 0.5) is 0 Å². The summed E-state index contributed by atoms with van der Waals surface area (Å²) in [6.45, 7) is 3.68. The molecule has 0 unspecified atom stereocenters. The smallest absolute Gasteiger partial charge is 0.257 e. The Morgan fingerprint density at radius 2 is 1.90 bits per heavy atom. The summed E-state index contributed by atoms with van der Waals surface area (Å²) in [5, 5.41) is 0.744. The van der Waals surface area contributed by atoms with Crippen molar-refractivity contribution in [2.24, 2.45) is 7.05 Å². The summed E-state index contributed by atoms with van der Waals surface area (Å²) in [5.74, 6) is 1.61. The maximum atomic E-state index is 12.0. The fraction of sp³-hybridized carbons (Fsp3) is 0.333. The van der Waals surface area contributed by atoms with Crippen molar-refractivity contribution >= 4 is 11.8 Å². The topological polar surface area (TPSA) is 44.1 Å². The number of hydrogen-bond acceptors (Lipinski definition) is 4. The van der Waals surface area contributed by atoms with Crippen LogP contribution in [0.1, 0.15) is 16.8 Å². The van der Waals surface area contributed by atoms with Gasteiger partial charge in [0.1, 0.15) is 5.75 Å². The molecule has 2 aromatic rings. The van der Waals surface area contributed by atoms with E-state index in [-0.39, 0.29) is 5.56 Å². The summed E-state index contributed by atoms with van der Waals surface area (Å²) in [6, 6.07) is 7.90. The van der Waals surface area contributed by atoms with Gasteiger partial charge in [0.2, 0.25) is 0 Å². The molecule has 0 spiro atoms. The first-order chi connectivity index (χ1) is 9.52. The maximum absolute atomic E-state index is 12.0. The second-order valence-electron chi connectivity index (χ2n) is 4.61. The van der Waals surface area contributed by atoms with Gasteiger partial charge in [-0.1, -0.05) is 23.9 Å². The quantitative estimate of drug-likeness (QED) is 0.641. The van der Waals surface area contributed by atoms with E-state index < -0.39 is 0 Å². The number of benzene rings is 1. The molecule has 4 nitrogen and oxygen atoms in total. The fourth-order valence-corrected chi connectivity index (χ4v) is 2.76. The average molecular weight is 290 g/mol. The van der Waals surface area contributed by atoms with Crippen LogP contribution in [-0.2, 0) is 12.8 Å². The minimum atomic E-state index is 0.0229. The fourth-order valence-electron chi connectivity index (χ4n) is 1.79. The van der Waals surface area contributed by atoms with Crippen molar-refractivity contribution in [3.63, 3.8) is 0 Å². The lowest BCUT2D eigenvalue weighted by molar-refractivity contribution is 0.414. The van der Waals surface area contributed by atoms with E-state index >= 15 is 0 Å². The van der Waals surface area contributed by atoms with Crippen molar-refractivity contribution in [1.82, 2.24) is 9.55 Å². The van der Waals surface area contributed by atoms with Gasteiger partial charge in [0.15, 0.2) is 5.16 Å². The van der Waals surface area contributed by atoms with Gasteiger partial charge in [-0.3, -0.25) is 9.36 Å². The second-order valence-corrected chi connectivity index (χ2v) is 5.55. The van der Waals surface area contributed by atoms with E-state index in [1.165, 1.54) is 5.56 Å². The van der Waals surface area contributed by atoms with Crippen molar-refractivity contribution in [3.05, 3.63) is 51.4 Å². The minimum absolute atomic E-state index is 0.0229. The highest BCUT2D eigenvalue weighted by Gasteiger charge is 2.08. The monoisotopic (exact) mass is 290 g/mol. The maximum Gasteiger partial charge on any atom is 0.257 e. The van der Waals surface area contributed by atoms with E-state index in [0.717, 1.165) is 22.4 Å². The molecule has 20 heavy (non-hydrogen) atoms. The second kappa shape index (κ2) is 6.13. The van der Waals surface area contributed by atoms with Crippen LogP contribution in [-0.4, -0.2) is 16.7 Å². The van der Waals surface area contributed by atoms with Gasteiger partial charge in [0.25, 0.3) is 5.56 Å². The number of thioether (sulfide) groups is 1. The third-order valence-electron chi connectivity index (χ3n) is 3.25. The van der Waals surface area contributed by atoms with Gasteiger partial charge in [-0.05, 0) is 31.5 Å². The lowest BCUT2D eigenvalue weighted by Crippen LogP contribution is -2.23. The van der Waals surface area contributed by atoms with Crippen LogP contribution < -0.4 is 10.3 Å². The lowest BCUT2D eigenvalue weighted by Gasteiger charge is -2.10. The predicted molar refractivity (Wildman–Crippen MR) is 81.5 cm³/mol. The zero-order valence-corrected chi connectivity index (χ0v) is 13.0. The molecule has 1 aromatic heterocycles. The first-order valence-electron chi connectivity index (χ1n) is 6.33. The Labute approximate surface area is 122 Å². The first kappa shape index (κ1) is 14.7. The third-order valence-corrected chi connectivity index (χ3v) is 4.35. The van der Waals surface area contributed by atoms with Gasteiger partial charge in [-0.15, -0.1) is 0 Å². The summed E-state index contributed by atoms with van der Waals surface area (Å²) < 4.78 is 6.74. The molecular formula is C15H18N2O2S. The minimum Gasteiger partial charge on any atom is -0.497 e. The van der Waals surface area contributed by atoms with E-state index in [1.807, 2.05) is 38.1 Å². The van der Waals surface area contributed by atoms with Crippen molar-refractivity contribution in [2.45, 2.75) is 24.8 Å². The Bertz CT molecular complexity index is 663. The van der Waals surface area contributed by atoms with Gasteiger partial charge < -0.3 is 4.74 Å². The normalized spacial score (nSPS) is 10.6. The molecule has 0 saturated carbocycles. The molecule has 1 heterocycles. The van der Waals surface area contributed by atoms with E-state index in [1.54, 1.807) is 30.5 Å². The highest BCUT2D eigenvalue weighted by Crippen LogP contribution is 2.21. The zero-order valence-electron chi connectivity index (χ0n) is 12.1. The summed E-state index contributed by atoms with van der Waals surface area (Å²) in [4.78, 5) is 16.5. The number of methoxy groups -OCH3 is 1. The molecule has 0 saturated heterocycles. The lowest BCUT2D eigenvalue weighted by atomic mass is 10.2. The number of aromatic nitrogens is 2. The Morgan fingerprint density at radius 3 is 2.50 bits per heavy atom. The van der Waals surface area contributed by atoms with Crippen molar-refractivity contribution in [2.75, 3.05) is 7.11 Å². The largest absolute Gasteiger partial charge is 0.497 e. The molecule has 2 rings (SSSR count). The summed E-state index contributed by atoms with van der Waals surface area (Å²) >= 11 is 1.56. The van der Waals surface area contributed by atoms with E-state index in [4.69, 9.17) is 4.74 Å². The van der Waals surface area contributed by atoms with E-state index in [0.29, 0.717) is 5.56 Å². The van der Waals surface area contributed by atoms with Crippen LogP contribution in [0.2, 0.25) is 0 Å². The van der Waals surface area contributed by atoms with Crippen LogP contribution in [0.25, 0.3) is 0 Å². The molecule has 5 heteroatoms. The zero-order chi connectivity index (χ0) is 14.7. The SMILES string of the molecule is COc1ccc(CSc2nc(C)c(C)c(=O)n2C)cc1. The van der Waals surface area contributed by atoms with Gasteiger partial charge in [-0.2, -0.15) is 0 Å². The van der Waals surface area contributed by atoms with Crippen molar-refractivity contribution in [1.29, 1.82) is 0 Å². The molecule has 0 atom stereocenters. The van der Waals surface area contributed by atoms with Gasteiger partial charge >= 0.3 is 0 Å². The van der Waals surface area contributed by atoms with Gasteiger partial charge in [0.05, 0.1) is 7.11 Å². The van der Waals surface area contributed by atoms with Crippen LogP contribution in [0.5, 0.6) is 5.75 Å². The van der Waals surface area contributed by atoms with Crippen LogP contribution in [0.15, 0.2) is 34.2 Å². The highest BCUT2D eigenvalue weighted by atomic mass is 32.2. The Hall–Kier alpha value is -1.75. The van der Waals surface area contributed by atoms with Crippen LogP contribution in [0, 0.1) is 13.8 Å². The number of aryl methyl sites for hydroxylation is 1. The van der Waals surface area contributed by atoms with Crippen LogP contribution in [0.3, 0.4) is 0 Å². The molecule has 0 bridgehead atoms. The third kappa shape index (κ3) is 3.04. The van der Waals surface area contributed by atoms with Crippen molar-refractivity contribution in [3.8, 4) is 5.75 Å². The molecule has 0 aliphatic carbocycles. The van der Waals surface area contributed by atoms with Gasteiger partial charge in [-0.25, -0.2) is 4.98 Å². The molecule has 106 valence electrons. The molecule has 0 aliphatic heterocycles. The Balaban J connectivity index is 2.16.